The van der Waals surface area contributed by atoms with Crippen molar-refractivity contribution >= 4 is 45.5 Å². The summed E-state index contributed by atoms with van der Waals surface area (Å²) in [5.74, 6) is 0.738. The van der Waals surface area contributed by atoms with Crippen molar-refractivity contribution in [1.82, 2.24) is 10.6 Å². The van der Waals surface area contributed by atoms with E-state index in [2.05, 4.69) is 39.6 Å². The Balaban J connectivity index is 0.00000529. The third-order valence-corrected chi connectivity index (χ3v) is 4.33. The number of hydrogen-bond donors (Lipinski definition) is 2. The number of para-hydroxylation sites is 1. The number of aliphatic imine (C=N–C) groups is 1. The van der Waals surface area contributed by atoms with E-state index in [1.54, 1.807) is 7.05 Å². The van der Waals surface area contributed by atoms with E-state index in [1.165, 1.54) is 11.9 Å². The molecule has 0 aliphatic carbocycles. The highest BCUT2D eigenvalue weighted by atomic mass is 127. The highest BCUT2D eigenvalue weighted by Gasteiger charge is 2.05. The highest BCUT2D eigenvalue weighted by molar-refractivity contribution is 14.0. The Kier molecular flexibility index (Phi) is 11.8. The quantitative estimate of drug-likeness (QED) is 0.250. The molecule has 1 aromatic rings. The van der Waals surface area contributed by atoms with Crippen LogP contribution in [0.25, 0.3) is 0 Å². The fourth-order valence-corrected chi connectivity index (χ4v) is 2.63. The second-order valence-electron chi connectivity index (χ2n) is 5.32. The zero-order chi connectivity index (χ0) is 17.1. The first-order valence-electron chi connectivity index (χ1n) is 7.88. The number of nitrogens with one attached hydrogen (secondary N) is 2. The van der Waals surface area contributed by atoms with E-state index < -0.39 is 9.84 Å². The zero-order valence-electron chi connectivity index (χ0n) is 14.7. The van der Waals surface area contributed by atoms with Gasteiger partial charge in [-0.1, -0.05) is 18.2 Å². The number of rotatable bonds is 9. The van der Waals surface area contributed by atoms with Gasteiger partial charge < -0.3 is 15.5 Å². The molecule has 6 nitrogen and oxygen atoms in total. The Hall–Kier alpha value is -1.03. The van der Waals surface area contributed by atoms with E-state index in [0.29, 0.717) is 12.5 Å². The van der Waals surface area contributed by atoms with Crippen molar-refractivity contribution in [1.29, 1.82) is 0 Å². The monoisotopic (exact) mass is 468 g/mol. The van der Waals surface area contributed by atoms with Crippen molar-refractivity contribution in [3.63, 3.8) is 0 Å². The third kappa shape index (κ3) is 9.96. The van der Waals surface area contributed by atoms with Crippen molar-refractivity contribution in [3.8, 4) is 0 Å². The van der Waals surface area contributed by atoms with Gasteiger partial charge in [0.15, 0.2) is 5.96 Å². The van der Waals surface area contributed by atoms with Crippen LogP contribution in [-0.2, 0) is 9.84 Å². The minimum atomic E-state index is -2.95. The van der Waals surface area contributed by atoms with Gasteiger partial charge in [-0.05, 0) is 25.5 Å². The second kappa shape index (κ2) is 12.3. The number of sulfone groups is 1. The number of anilines is 1. The van der Waals surface area contributed by atoms with Gasteiger partial charge in [-0.2, -0.15) is 0 Å². The SMILES string of the molecule is CCN(CCCNC(=NC)NCCS(C)(=O)=O)c1ccccc1.I. The lowest BCUT2D eigenvalue weighted by atomic mass is 10.2. The van der Waals surface area contributed by atoms with Crippen LogP contribution in [0.1, 0.15) is 13.3 Å². The highest BCUT2D eigenvalue weighted by Crippen LogP contribution is 2.12. The average molecular weight is 468 g/mol. The summed E-state index contributed by atoms with van der Waals surface area (Å²) in [5.41, 5.74) is 1.23. The molecular formula is C16H29IN4O2S. The summed E-state index contributed by atoms with van der Waals surface area (Å²) in [6.45, 7) is 5.21. The molecule has 0 atom stereocenters. The van der Waals surface area contributed by atoms with Crippen molar-refractivity contribution in [3.05, 3.63) is 30.3 Å². The predicted molar refractivity (Wildman–Crippen MR) is 113 cm³/mol. The van der Waals surface area contributed by atoms with Crippen LogP contribution in [0.5, 0.6) is 0 Å². The zero-order valence-corrected chi connectivity index (χ0v) is 17.8. The second-order valence-corrected chi connectivity index (χ2v) is 7.58. The number of nitrogens with zero attached hydrogens (tertiary/aromatic N) is 2. The molecule has 0 saturated carbocycles. The summed E-state index contributed by atoms with van der Waals surface area (Å²) < 4.78 is 22.2. The van der Waals surface area contributed by atoms with Gasteiger partial charge in [0.05, 0.1) is 5.75 Å². The van der Waals surface area contributed by atoms with Gasteiger partial charge in [-0.25, -0.2) is 8.42 Å². The van der Waals surface area contributed by atoms with Crippen molar-refractivity contribution < 1.29 is 8.42 Å². The standard InChI is InChI=1S/C16H28N4O2S.HI/c1-4-20(15-9-6-5-7-10-15)13-8-11-18-16(17-2)19-12-14-23(3,21)22;/h5-7,9-10H,4,8,11-14H2,1-3H3,(H2,17,18,19);1H. The largest absolute Gasteiger partial charge is 0.372 e. The van der Waals surface area contributed by atoms with Gasteiger partial charge in [0, 0.05) is 45.2 Å². The Bertz CT molecular complexity index is 579. The maximum atomic E-state index is 11.1. The van der Waals surface area contributed by atoms with Gasteiger partial charge >= 0.3 is 0 Å². The average Bonchev–Trinajstić information content (AvgIpc) is 2.53. The Morgan fingerprint density at radius 2 is 1.79 bits per heavy atom. The Labute approximate surface area is 163 Å². The number of guanidine groups is 1. The van der Waals surface area contributed by atoms with Gasteiger partial charge in [0.2, 0.25) is 0 Å². The van der Waals surface area contributed by atoms with Crippen molar-refractivity contribution in [2.24, 2.45) is 4.99 Å². The molecule has 1 rings (SSSR count). The molecule has 24 heavy (non-hydrogen) atoms. The number of halogens is 1. The van der Waals surface area contributed by atoms with E-state index in [4.69, 9.17) is 0 Å². The van der Waals surface area contributed by atoms with Gasteiger partial charge in [0.25, 0.3) is 0 Å². The maximum Gasteiger partial charge on any atom is 0.191 e. The minimum Gasteiger partial charge on any atom is -0.372 e. The van der Waals surface area contributed by atoms with Crippen LogP contribution in [0.3, 0.4) is 0 Å². The summed E-state index contributed by atoms with van der Waals surface area (Å²) in [6.07, 6.45) is 2.20. The molecule has 0 aliphatic heterocycles. The summed E-state index contributed by atoms with van der Waals surface area (Å²) in [6, 6.07) is 10.3. The van der Waals surface area contributed by atoms with E-state index in [0.717, 1.165) is 26.1 Å². The molecule has 0 spiro atoms. The summed E-state index contributed by atoms with van der Waals surface area (Å²) in [4.78, 5) is 6.41. The minimum absolute atomic E-state index is 0. The molecule has 0 fully saturated rings. The molecule has 8 heteroatoms. The van der Waals surface area contributed by atoms with Crippen molar-refractivity contribution in [2.75, 3.05) is 50.1 Å². The molecule has 0 aliphatic rings. The molecule has 2 N–H and O–H groups in total. The Morgan fingerprint density at radius 1 is 1.17 bits per heavy atom. The molecule has 138 valence electrons. The summed E-state index contributed by atoms with van der Waals surface area (Å²) in [7, 11) is -1.27. The fourth-order valence-electron chi connectivity index (χ4n) is 2.16. The van der Waals surface area contributed by atoms with Crippen LogP contribution in [0.4, 0.5) is 5.69 Å². The first kappa shape index (κ1) is 23.0. The van der Waals surface area contributed by atoms with Crippen molar-refractivity contribution in [2.45, 2.75) is 13.3 Å². The van der Waals surface area contributed by atoms with Gasteiger partial charge in [-0.3, -0.25) is 4.99 Å². The summed E-state index contributed by atoms with van der Waals surface area (Å²) in [5, 5.41) is 6.21. The first-order chi connectivity index (χ1) is 11.0. The fraction of sp³-hybridized carbons (Fsp3) is 0.562. The lowest BCUT2D eigenvalue weighted by Gasteiger charge is -2.23. The molecule has 0 amide bonds. The molecule has 0 radical (unpaired) electrons. The lowest BCUT2D eigenvalue weighted by Crippen LogP contribution is -2.40. The lowest BCUT2D eigenvalue weighted by molar-refractivity contribution is 0.600. The van der Waals surface area contributed by atoms with Crippen LogP contribution in [0.15, 0.2) is 35.3 Å². The normalized spacial score (nSPS) is 11.5. The van der Waals surface area contributed by atoms with E-state index >= 15 is 0 Å². The summed E-state index contributed by atoms with van der Waals surface area (Å²) >= 11 is 0. The molecule has 0 unspecified atom stereocenters. The van der Waals surface area contributed by atoms with E-state index in [9.17, 15) is 8.42 Å². The molecule has 0 saturated heterocycles. The molecule has 0 aromatic heterocycles. The molecule has 1 aromatic carbocycles. The van der Waals surface area contributed by atoms with Gasteiger partial charge in [0.1, 0.15) is 9.84 Å². The first-order valence-corrected chi connectivity index (χ1v) is 9.94. The Morgan fingerprint density at radius 3 is 2.33 bits per heavy atom. The molecule has 0 heterocycles. The van der Waals surface area contributed by atoms with Crippen LogP contribution >= 0.6 is 24.0 Å². The van der Waals surface area contributed by atoms with E-state index in [-0.39, 0.29) is 29.7 Å². The van der Waals surface area contributed by atoms with Crippen LogP contribution in [0, 0.1) is 0 Å². The topological polar surface area (TPSA) is 73.8 Å². The number of hydrogen-bond acceptors (Lipinski definition) is 4. The smallest absolute Gasteiger partial charge is 0.191 e. The van der Waals surface area contributed by atoms with E-state index in [1.807, 2.05) is 18.2 Å². The van der Waals surface area contributed by atoms with Gasteiger partial charge in [-0.15, -0.1) is 24.0 Å². The number of benzene rings is 1. The maximum absolute atomic E-state index is 11.1. The van der Waals surface area contributed by atoms with Crippen LogP contribution in [0.2, 0.25) is 0 Å². The third-order valence-electron chi connectivity index (χ3n) is 3.39. The predicted octanol–water partition coefficient (Wildman–Crippen LogP) is 1.73. The molecule has 0 bridgehead atoms. The molecular weight excluding hydrogens is 439 g/mol. The van der Waals surface area contributed by atoms with Crippen LogP contribution in [-0.4, -0.2) is 59.6 Å². The van der Waals surface area contributed by atoms with Crippen LogP contribution < -0.4 is 15.5 Å².